The summed E-state index contributed by atoms with van der Waals surface area (Å²) < 4.78 is 7.18. The van der Waals surface area contributed by atoms with Crippen LogP contribution in [-0.4, -0.2) is 4.98 Å². The number of rotatable bonds is 4. The lowest BCUT2D eigenvalue weighted by molar-refractivity contribution is 0.303. The van der Waals surface area contributed by atoms with Crippen LogP contribution in [0.1, 0.15) is 17.0 Å². The zero-order valence-electron chi connectivity index (χ0n) is 11.3. The first kappa shape index (κ1) is 13.1. The van der Waals surface area contributed by atoms with Crippen LogP contribution in [0.5, 0.6) is 5.75 Å². The smallest absolute Gasteiger partial charge is 0.142 e. The number of hydrogen-bond acceptors (Lipinski definition) is 4. The van der Waals surface area contributed by atoms with Crippen molar-refractivity contribution in [2.24, 2.45) is 5.73 Å². The van der Waals surface area contributed by atoms with E-state index in [4.69, 9.17) is 10.5 Å². The van der Waals surface area contributed by atoms with Crippen molar-refractivity contribution in [2.75, 3.05) is 0 Å². The van der Waals surface area contributed by atoms with Crippen molar-refractivity contribution in [1.82, 2.24) is 4.98 Å². The molecular weight excluding hydrogens is 268 g/mol. The van der Waals surface area contributed by atoms with Gasteiger partial charge in [-0.2, -0.15) is 0 Å². The maximum absolute atomic E-state index is 5.90. The molecule has 4 heteroatoms. The molecule has 0 aliphatic rings. The molecule has 0 bridgehead atoms. The Bertz CT molecular complexity index is 736. The Hall–Kier alpha value is -1.91. The molecule has 0 aliphatic carbocycles. The monoisotopic (exact) mass is 284 g/mol. The van der Waals surface area contributed by atoms with Gasteiger partial charge in [0.25, 0.3) is 0 Å². The summed E-state index contributed by atoms with van der Waals surface area (Å²) in [6, 6.07) is 12.3. The van der Waals surface area contributed by atoms with Crippen molar-refractivity contribution in [2.45, 2.75) is 20.1 Å². The molecule has 102 valence electrons. The number of pyridine rings is 1. The molecule has 3 aromatic rings. The van der Waals surface area contributed by atoms with Crippen molar-refractivity contribution in [1.29, 1.82) is 0 Å². The number of thiophene rings is 1. The van der Waals surface area contributed by atoms with Gasteiger partial charge in [0.1, 0.15) is 12.4 Å². The van der Waals surface area contributed by atoms with Crippen molar-refractivity contribution in [3.8, 4) is 5.75 Å². The van der Waals surface area contributed by atoms with Crippen LogP contribution in [-0.2, 0) is 13.2 Å². The van der Waals surface area contributed by atoms with E-state index >= 15 is 0 Å². The van der Waals surface area contributed by atoms with Crippen molar-refractivity contribution in [3.63, 3.8) is 0 Å². The van der Waals surface area contributed by atoms with Crippen LogP contribution in [0.3, 0.4) is 0 Å². The van der Waals surface area contributed by atoms with Crippen LogP contribution >= 0.6 is 11.3 Å². The van der Waals surface area contributed by atoms with Gasteiger partial charge in [-0.05, 0) is 35.9 Å². The van der Waals surface area contributed by atoms with E-state index in [1.165, 1.54) is 15.6 Å². The molecule has 0 aliphatic heterocycles. The molecule has 0 unspecified atom stereocenters. The van der Waals surface area contributed by atoms with Gasteiger partial charge in [-0.1, -0.05) is 18.2 Å². The van der Waals surface area contributed by atoms with E-state index < -0.39 is 0 Å². The van der Waals surface area contributed by atoms with E-state index in [1.807, 2.05) is 19.1 Å². The Balaban J connectivity index is 1.83. The Morgan fingerprint density at radius 2 is 2.05 bits per heavy atom. The highest BCUT2D eigenvalue weighted by Gasteiger charge is 2.07. The Morgan fingerprint density at radius 1 is 1.20 bits per heavy atom. The van der Waals surface area contributed by atoms with Crippen LogP contribution in [0.25, 0.3) is 10.1 Å². The second kappa shape index (κ2) is 5.61. The van der Waals surface area contributed by atoms with Gasteiger partial charge >= 0.3 is 0 Å². The fraction of sp³-hybridized carbons (Fsp3) is 0.188. The molecule has 2 aromatic heterocycles. The summed E-state index contributed by atoms with van der Waals surface area (Å²) in [6.45, 7) is 2.89. The second-order valence-electron chi connectivity index (χ2n) is 4.65. The molecule has 3 nitrogen and oxygen atoms in total. The number of fused-ring (bicyclic) bond motifs is 1. The van der Waals surface area contributed by atoms with Crippen LogP contribution in [0, 0.1) is 6.92 Å². The van der Waals surface area contributed by atoms with Crippen molar-refractivity contribution in [3.05, 3.63) is 58.7 Å². The lowest BCUT2D eigenvalue weighted by Gasteiger charge is -2.10. The number of hydrogen-bond donors (Lipinski definition) is 1. The minimum Gasteiger partial charge on any atom is -0.487 e. The molecular formula is C16H16N2OS. The van der Waals surface area contributed by atoms with E-state index in [9.17, 15) is 0 Å². The number of aryl methyl sites for hydroxylation is 1. The Labute approximate surface area is 122 Å². The van der Waals surface area contributed by atoms with Gasteiger partial charge in [-0.25, -0.2) is 0 Å². The van der Waals surface area contributed by atoms with E-state index in [0.29, 0.717) is 13.2 Å². The highest BCUT2D eigenvalue weighted by Crippen LogP contribution is 2.27. The molecule has 0 saturated carbocycles. The lowest BCUT2D eigenvalue weighted by atomic mass is 10.2. The molecule has 1 aromatic carbocycles. The maximum Gasteiger partial charge on any atom is 0.142 e. The fourth-order valence-electron chi connectivity index (χ4n) is 2.18. The molecule has 0 saturated heterocycles. The molecule has 20 heavy (non-hydrogen) atoms. The first-order valence-electron chi connectivity index (χ1n) is 6.52. The zero-order chi connectivity index (χ0) is 13.9. The minimum atomic E-state index is 0.390. The molecule has 3 rings (SSSR count). The molecule has 2 N–H and O–H groups in total. The van der Waals surface area contributed by atoms with E-state index in [1.54, 1.807) is 11.3 Å². The first-order chi connectivity index (χ1) is 9.78. The number of nitrogens with zero attached hydrogens (tertiary/aromatic N) is 1. The van der Waals surface area contributed by atoms with Gasteiger partial charge in [-0.3, -0.25) is 4.98 Å². The summed E-state index contributed by atoms with van der Waals surface area (Å²) in [5, 5.41) is 3.40. The highest BCUT2D eigenvalue weighted by atomic mass is 32.1. The second-order valence-corrected chi connectivity index (χ2v) is 5.56. The number of benzene rings is 1. The molecule has 2 heterocycles. The third-order valence-corrected chi connectivity index (χ3v) is 4.22. The Morgan fingerprint density at radius 3 is 2.90 bits per heavy atom. The quantitative estimate of drug-likeness (QED) is 0.795. The van der Waals surface area contributed by atoms with Crippen LogP contribution in [0.15, 0.2) is 41.8 Å². The lowest BCUT2D eigenvalue weighted by Crippen LogP contribution is -2.05. The summed E-state index contributed by atoms with van der Waals surface area (Å²) in [4.78, 5) is 4.41. The average Bonchev–Trinajstić information content (AvgIpc) is 2.89. The molecule has 0 atom stereocenters. The van der Waals surface area contributed by atoms with Gasteiger partial charge in [0, 0.05) is 22.5 Å². The number of nitrogens with two attached hydrogens (primary N) is 1. The maximum atomic E-state index is 5.90. The fourth-order valence-corrected chi connectivity index (χ4v) is 3.12. The van der Waals surface area contributed by atoms with Crippen molar-refractivity contribution < 1.29 is 4.74 Å². The zero-order valence-corrected chi connectivity index (χ0v) is 12.1. The first-order valence-corrected chi connectivity index (χ1v) is 7.40. The summed E-state index contributed by atoms with van der Waals surface area (Å²) in [6.07, 6.45) is 0. The van der Waals surface area contributed by atoms with Crippen LogP contribution in [0.4, 0.5) is 0 Å². The summed E-state index contributed by atoms with van der Waals surface area (Å²) in [7, 11) is 0. The number of aromatic nitrogens is 1. The van der Waals surface area contributed by atoms with E-state index in [0.717, 1.165) is 17.1 Å². The van der Waals surface area contributed by atoms with Gasteiger partial charge in [0.15, 0.2) is 0 Å². The largest absolute Gasteiger partial charge is 0.487 e. The predicted octanol–water partition coefficient (Wildman–Crippen LogP) is 3.64. The van der Waals surface area contributed by atoms with Crippen molar-refractivity contribution >= 4 is 21.4 Å². The summed E-state index contributed by atoms with van der Waals surface area (Å²) in [5.74, 6) is 0.772. The summed E-state index contributed by atoms with van der Waals surface area (Å²) in [5.41, 5.74) is 8.69. The van der Waals surface area contributed by atoms with E-state index in [2.05, 4.69) is 34.6 Å². The molecule has 0 radical (unpaired) electrons. The third kappa shape index (κ3) is 2.53. The van der Waals surface area contributed by atoms with Crippen LogP contribution in [0.2, 0.25) is 0 Å². The third-order valence-electron chi connectivity index (χ3n) is 3.21. The highest BCUT2D eigenvalue weighted by molar-refractivity contribution is 7.17. The topological polar surface area (TPSA) is 48.1 Å². The van der Waals surface area contributed by atoms with Gasteiger partial charge in [0.05, 0.1) is 5.69 Å². The predicted molar refractivity (Wildman–Crippen MR) is 83.0 cm³/mol. The average molecular weight is 284 g/mol. The van der Waals surface area contributed by atoms with E-state index in [-0.39, 0.29) is 0 Å². The van der Waals surface area contributed by atoms with Crippen LogP contribution < -0.4 is 10.5 Å². The van der Waals surface area contributed by atoms with Gasteiger partial charge in [0.2, 0.25) is 0 Å². The molecule has 0 amide bonds. The molecule has 0 fully saturated rings. The SMILES string of the molecule is Cc1ccc(OCc2csc3ccccc23)c(CN)n1. The number of ether oxygens (including phenoxy) is 1. The standard InChI is InChI=1S/C16H16N2OS/c1-11-6-7-15(14(8-17)18-11)19-9-12-10-20-16-5-3-2-4-13(12)16/h2-7,10H,8-9,17H2,1H3. The summed E-state index contributed by atoms with van der Waals surface area (Å²) >= 11 is 1.74. The Kier molecular flexibility index (Phi) is 3.67. The normalized spacial score (nSPS) is 10.9. The van der Waals surface area contributed by atoms with Gasteiger partial charge in [-0.15, -0.1) is 11.3 Å². The molecule has 0 spiro atoms. The van der Waals surface area contributed by atoms with Gasteiger partial charge < -0.3 is 10.5 Å². The minimum absolute atomic E-state index is 0.390.